The molecule has 240 valence electrons. The Bertz CT molecular complexity index is 1560. The fourth-order valence-corrected chi connectivity index (χ4v) is 4.99. The van der Waals surface area contributed by atoms with Crippen LogP contribution >= 0.6 is 0 Å². The minimum absolute atomic E-state index is 0.0151. The highest BCUT2D eigenvalue weighted by atomic mass is 16.7. The molecule has 2 saturated heterocycles. The number of aliphatic hydroxyl groups is 6. The van der Waals surface area contributed by atoms with Crippen molar-refractivity contribution < 1.29 is 74.1 Å². The molecule has 0 spiro atoms. The van der Waals surface area contributed by atoms with Gasteiger partial charge in [0.05, 0.1) is 19.8 Å². The number of ether oxygens (including phenoxy) is 5. The summed E-state index contributed by atoms with van der Waals surface area (Å²) in [6, 6.07) is 5.83. The molecule has 2 aliphatic rings. The summed E-state index contributed by atoms with van der Waals surface area (Å²) >= 11 is 0. The number of fused-ring (bicyclic) bond motifs is 1. The predicted molar refractivity (Wildman–Crippen MR) is 145 cm³/mol. The van der Waals surface area contributed by atoms with Gasteiger partial charge in [0.2, 0.25) is 17.5 Å². The molecule has 0 aliphatic carbocycles. The second-order valence-electron chi connectivity index (χ2n) is 10.5. The number of phenols is 3. The summed E-state index contributed by atoms with van der Waals surface area (Å²) in [5.74, 6) is -2.28. The quantitative estimate of drug-likeness (QED) is 0.147. The summed E-state index contributed by atoms with van der Waals surface area (Å²) < 4.78 is 33.2. The lowest BCUT2D eigenvalue weighted by Crippen LogP contribution is -2.61. The van der Waals surface area contributed by atoms with Crippen LogP contribution in [0.15, 0.2) is 39.5 Å². The largest absolute Gasteiger partial charge is 0.508 e. The molecule has 0 amide bonds. The van der Waals surface area contributed by atoms with Gasteiger partial charge >= 0.3 is 0 Å². The van der Waals surface area contributed by atoms with E-state index >= 15 is 0 Å². The van der Waals surface area contributed by atoms with Crippen molar-refractivity contribution in [2.75, 3.05) is 13.7 Å². The maximum Gasteiger partial charge on any atom is 0.239 e. The van der Waals surface area contributed by atoms with E-state index in [2.05, 4.69) is 0 Å². The van der Waals surface area contributed by atoms with Gasteiger partial charge in [-0.3, -0.25) is 4.79 Å². The van der Waals surface area contributed by atoms with E-state index in [1.54, 1.807) is 0 Å². The van der Waals surface area contributed by atoms with Crippen molar-refractivity contribution in [1.82, 2.24) is 0 Å². The van der Waals surface area contributed by atoms with Crippen molar-refractivity contribution in [3.05, 3.63) is 40.6 Å². The third-order valence-corrected chi connectivity index (χ3v) is 7.50. The highest BCUT2D eigenvalue weighted by Gasteiger charge is 2.47. The molecule has 44 heavy (non-hydrogen) atoms. The topological polar surface area (TPSA) is 258 Å². The Labute approximate surface area is 248 Å². The Balaban J connectivity index is 1.49. The SMILES string of the molecule is COc1cc(-c2oc3cc(O)cc(O)c3c(=O)c2O[C@@H]2O[C@H](CO[C@@H]3O[C@@H](C)[C@H](O)[C@@H](O)[C@@H]3O)[C@@H](O)[C@@H](O)[C@@H]2O)ccc1O. The zero-order valence-corrected chi connectivity index (χ0v) is 23.3. The van der Waals surface area contributed by atoms with Gasteiger partial charge in [-0.05, 0) is 25.1 Å². The summed E-state index contributed by atoms with van der Waals surface area (Å²) in [6.07, 6.45) is -16.0. The van der Waals surface area contributed by atoms with Crippen LogP contribution in [-0.2, 0) is 14.2 Å². The minimum atomic E-state index is -1.94. The Hall–Kier alpha value is -3.71. The molecule has 16 heteroatoms. The van der Waals surface area contributed by atoms with Gasteiger partial charge in [-0.1, -0.05) is 0 Å². The first-order valence-electron chi connectivity index (χ1n) is 13.4. The lowest BCUT2D eigenvalue weighted by atomic mass is 9.98. The van der Waals surface area contributed by atoms with Crippen molar-refractivity contribution in [2.24, 2.45) is 0 Å². The number of benzene rings is 2. The first kappa shape index (κ1) is 31.7. The van der Waals surface area contributed by atoms with Crippen LogP contribution in [0.1, 0.15) is 6.92 Å². The van der Waals surface area contributed by atoms with Gasteiger partial charge in [-0.2, -0.15) is 0 Å². The highest BCUT2D eigenvalue weighted by Crippen LogP contribution is 2.39. The lowest BCUT2D eigenvalue weighted by molar-refractivity contribution is -0.318. The molecule has 3 heterocycles. The molecule has 10 atom stereocenters. The Kier molecular flexibility index (Phi) is 8.90. The molecular weight excluding hydrogens is 592 g/mol. The molecule has 2 aliphatic heterocycles. The molecule has 0 saturated carbocycles. The van der Waals surface area contributed by atoms with E-state index in [-0.39, 0.29) is 28.4 Å². The first-order chi connectivity index (χ1) is 20.8. The molecule has 1 aromatic heterocycles. The number of hydrogen-bond acceptors (Lipinski definition) is 16. The van der Waals surface area contributed by atoms with Gasteiger partial charge in [0.25, 0.3) is 0 Å². The lowest BCUT2D eigenvalue weighted by Gasteiger charge is -2.42. The molecule has 9 N–H and O–H groups in total. The first-order valence-corrected chi connectivity index (χ1v) is 13.4. The predicted octanol–water partition coefficient (Wildman–Crippen LogP) is -1.38. The monoisotopic (exact) mass is 624 g/mol. The average Bonchev–Trinajstić information content (AvgIpc) is 2.98. The fourth-order valence-electron chi connectivity index (χ4n) is 4.99. The standard InChI is InChI=1S/C28H32O16/c1-9-18(32)21(35)23(37)27(41-9)40-8-16-19(33)22(36)24(38)28(43-16)44-26-20(34)17-13(31)6-11(29)7-15(17)42-25(26)10-3-4-12(30)14(5-10)39-2/h3-7,9,16,18-19,21-24,27-33,35-38H,8H2,1-2H3/t9-,16+,18-,19+,21+,22+,23-,24-,27+,28-/m0/s1. The molecule has 0 unspecified atom stereocenters. The summed E-state index contributed by atoms with van der Waals surface area (Å²) in [5, 5.41) is 92.1. The number of methoxy groups -OCH3 is 1. The maximum absolute atomic E-state index is 13.7. The van der Waals surface area contributed by atoms with Crippen LogP contribution < -0.4 is 14.9 Å². The van der Waals surface area contributed by atoms with Crippen LogP contribution in [0.3, 0.4) is 0 Å². The second-order valence-corrected chi connectivity index (χ2v) is 10.5. The Morgan fingerprint density at radius 1 is 0.795 bits per heavy atom. The van der Waals surface area contributed by atoms with E-state index in [9.17, 15) is 50.8 Å². The van der Waals surface area contributed by atoms with Crippen molar-refractivity contribution >= 4 is 11.0 Å². The van der Waals surface area contributed by atoms with Crippen LogP contribution in [0.2, 0.25) is 0 Å². The van der Waals surface area contributed by atoms with Crippen molar-refractivity contribution in [1.29, 1.82) is 0 Å². The van der Waals surface area contributed by atoms with E-state index in [0.29, 0.717) is 0 Å². The molecule has 3 aromatic rings. The van der Waals surface area contributed by atoms with Crippen molar-refractivity contribution in [3.8, 4) is 40.1 Å². The van der Waals surface area contributed by atoms with Crippen LogP contribution in [0, 0.1) is 0 Å². The third-order valence-electron chi connectivity index (χ3n) is 7.50. The summed E-state index contributed by atoms with van der Waals surface area (Å²) in [6.45, 7) is 0.845. The van der Waals surface area contributed by atoms with Gasteiger partial charge < -0.3 is 74.1 Å². The average molecular weight is 625 g/mol. The number of aliphatic hydroxyl groups excluding tert-OH is 6. The summed E-state index contributed by atoms with van der Waals surface area (Å²) in [4.78, 5) is 13.7. The zero-order chi connectivity index (χ0) is 32.0. The van der Waals surface area contributed by atoms with Crippen molar-refractivity contribution in [2.45, 2.75) is 68.3 Å². The Morgan fingerprint density at radius 3 is 2.18 bits per heavy atom. The van der Waals surface area contributed by atoms with Gasteiger partial charge in [-0.15, -0.1) is 0 Å². The Morgan fingerprint density at radius 2 is 1.48 bits per heavy atom. The molecule has 0 bridgehead atoms. The highest BCUT2D eigenvalue weighted by molar-refractivity contribution is 5.88. The van der Waals surface area contributed by atoms with Crippen LogP contribution in [0.5, 0.6) is 28.7 Å². The molecule has 16 nitrogen and oxygen atoms in total. The summed E-state index contributed by atoms with van der Waals surface area (Å²) in [5.41, 5.74) is -1.11. The number of aromatic hydroxyl groups is 3. The number of hydrogen-bond donors (Lipinski definition) is 9. The van der Waals surface area contributed by atoms with E-state index in [1.165, 1.54) is 32.2 Å². The zero-order valence-electron chi connectivity index (χ0n) is 23.3. The van der Waals surface area contributed by atoms with Gasteiger partial charge in [0.1, 0.15) is 65.2 Å². The smallest absolute Gasteiger partial charge is 0.239 e. The number of phenolic OH excluding ortho intramolecular Hbond substituents is 3. The normalized spacial score (nSPS) is 32.5. The number of rotatable bonds is 7. The van der Waals surface area contributed by atoms with Crippen LogP contribution in [0.25, 0.3) is 22.3 Å². The van der Waals surface area contributed by atoms with E-state index in [4.69, 9.17) is 28.1 Å². The van der Waals surface area contributed by atoms with E-state index in [0.717, 1.165) is 12.1 Å². The third kappa shape index (κ3) is 5.74. The summed E-state index contributed by atoms with van der Waals surface area (Å²) in [7, 11) is 1.28. The molecule has 2 fully saturated rings. The molecule has 5 rings (SSSR count). The minimum Gasteiger partial charge on any atom is -0.508 e. The molecule has 0 radical (unpaired) electrons. The van der Waals surface area contributed by atoms with E-state index in [1.807, 2.05) is 0 Å². The van der Waals surface area contributed by atoms with Crippen LogP contribution in [-0.4, -0.2) is 121 Å². The van der Waals surface area contributed by atoms with Crippen LogP contribution in [0.4, 0.5) is 0 Å². The van der Waals surface area contributed by atoms with Gasteiger partial charge in [0, 0.05) is 17.7 Å². The molecular formula is C28H32O16. The van der Waals surface area contributed by atoms with Gasteiger partial charge in [0.15, 0.2) is 23.5 Å². The fraction of sp³-hybridized carbons (Fsp3) is 0.464. The van der Waals surface area contributed by atoms with Crippen molar-refractivity contribution in [3.63, 3.8) is 0 Å². The van der Waals surface area contributed by atoms with E-state index < -0.39 is 96.1 Å². The maximum atomic E-state index is 13.7. The molecule has 2 aromatic carbocycles. The van der Waals surface area contributed by atoms with Gasteiger partial charge in [-0.25, -0.2) is 0 Å². The second kappa shape index (κ2) is 12.4.